The maximum Gasteiger partial charge on any atom is 0.200 e. The van der Waals surface area contributed by atoms with Gasteiger partial charge in [-0.2, -0.15) is 4.68 Å². The molecule has 1 atom stereocenters. The second-order valence-corrected chi connectivity index (χ2v) is 3.88. The van der Waals surface area contributed by atoms with E-state index in [1.54, 1.807) is 6.92 Å². The standard InChI is InChI=1S/C10H8F5N5/c1-3(16-2)10-17-18-19-20(10)9-7(14)5(12)4(11)6(13)8(9)15/h3,16H,1-2H3. The molecule has 0 aliphatic rings. The summed E-state index contributed by atoms with van der Waals surface area (Å²) < 4.78 is 67.0. The van der Waals surface area contributed by atoms with Crippen LogP contribution in [0.3, 0.4) is 0 Å². The van der Waals surface area contributed by atoms with Gasteiger partial charge in [0.05, 0.1) is 6.04 Å². The zero-order valence-corrected chi connectivity index (χ0v) is 10.3. The molecule has 0 spiro atoms. The maximum absolute atomic E-state index is 13.7. The molecule has 1 heterocycles. The fourth-order valence-corrected chi connectivity index (χ4v) is 1.53. The SMILES string of the molecule is CNC(C)c1nnnn1-c1c(F)c(F)c(F)c(F)c1F. The number of benzene rings is 1. The van der Waals surface area contributed by atoms with Crippen LogP contribution in [0.5, 0.6) is 0 Å². The average molecular weight is 293 g/mol. The maximum atomic E-state index is 13.7. The van der Waals surface area contributed by atoms with Gasteiger partial charge in [-0.05, 0) is 24.4 Å². The lowest BCUT2D eigenvalue weighted by Gasteiger charge is -2.12. The van der Waals surface area contributed by atoms with Crippen molar-refractivity contribution in [1.82, 2.24) is 25.5 Å². The summed E-state index contributed by atoms with van der Waals surface area (Å²) in [6, 6.07) is -0.569. The van der Waals surface area contributed by atoms with Crippen LogP contribution in [0.1, 0.15) is 18.8 Å². The van der Waals surface area contributed by atoms with Gasteiger partial charge < -0.3 is 5.32 Å². The van der Waals surface area contributed by atoms with Crippen LogP contribution >= 0.6 is 0 Å². The third-order valence-corrected chi connectivity index (χ3v) is 2.71. The summed E-state index contributed by atoms with van der Waals surface area (Å²) in [6.45, 7) is 1.55. The molecule has 0 fully saturated rings. The second kappa shape index (κ2) is 5.12. The molecular weight excluding hydrogens is 285 g/mol. The van der Waals surface area contributed by atoms with Crippen LogP contribution in [-0.2, 0) is 0 Å². The highest BCUT2D eigenvalue weighted by molar-refractivity contribution is 5.37. The van der Waals surface area contributed by atoms with Crippen molar-refractivity contribution in [2.45, 2.75) is 13.0 Å². The van der Waals surface area contributed by atoms with Gasteiger partial charge in [-0.25, -0.2) is 22.0 Å². The summed E-state index contributed by atoms with van der Waals surface area (Å²) in [5, 5.41) is 12.6. The van der Waals surface area contributed by atoms with Crippen molar-refractivity contribution in [1.29, 1.82) is 0 Å². The molecule has 2 rings (SSSR count). The molecule has 1 aromatic heterocycles. The number of hydrogen-bond donors (Lipinski definition) is 1. The Morgan fingerprint density at radius 1 is 0.950 bits per heavy atom. The fraction of sp³-hybridized carbons (Fsp3) is 0.300. The number of rotatable bonds is 3. The fourth-order valence-electron chi connectivity index (χ4n) is 1.53. The van der Waals surface area contributed by atoms with E-state index in [4.69, 9.17) is 0 Å². The first-order valence-corrected chi connectivity index (χ1v) is 5.37. The zero-order chi connectivity index (χ0) is 15.0. The van der Waals surface area contributed by atoms with E-state index in [2.05, 4.69) is 20.8 Å². The van der Waals surface area contributed by atoms with Gasteiger partial charge in [0.1, 0.15) is 5.69 Å². The van der Waals surface area contributed by atoms with Crippen LogP contribution in [0, 0.1) is 29.1 Å². The Kier molecular flexibility index (Phi) is 3.66. The van der Waals surface area contributed by atoms with Crippen molar-refractivity contribution in [3.05, 3.63) is 34.9 Å². The lowest BCUT2D eigenvalue weighted by Crippen LogP contribution is -2.20. The molecule has 20 heavy (non-hydrogen) atoms. The third kappa shape index (κ3) is 2.01. The molecule has 0 radical (unpaired) electrons. The molecule has 0 bridgehead atoms. The topological polar surface area (TPSA) is 55.6 Å². The summed E-state index contributed by atoms with van der Waals surface area (Å²) in [5.41, 5.74) is -1.22. The quantitative estimate of drug-likeness (QED) is 0.531. The highest BCUT2D eigenvalue weighted by atomic mass is 19.2. The summed E-state index contributed by atoms with van der Waals surface area (Å²) in [6.07, 6.45) is 0. The molecule has 0 aliphatic heterocycles. The number of nitrogens with one attached hydrogen (secondary N) is 1. The van der Waals surface area contributed by atoms with Crippen molar-refractivity contribution < 1.29 is 22.0 Å². The molecule has 1 aromatic carbocycles. The van der Waals surface area contributed by atoms with Gasteiger partial charge in [0.2, 0.25) is 5.82 Å². The van der Waals surface area contributed by atoms with Crippen molar-refractivity contribution in [3.8, 4) is 5.69 Å². The minimum atomic E-state index is -2.24. The molecule has 10 heteroatoms. The van der Waals surface area contributed by atoms with Crippen LogP contribution in [0.2, 0.25) is 0 Å². The molecule has 1 N–H and O–H groups in total. The van der Waals surface area contributed by atoms with Gasteiger partial charge in [-0.15, -0.1) is 5.10 Å². The Labute approximate surface area is 109 Å². The minimum Gasteiger partial charge on any atom is -0.311 e. The van der Waals surface area contributed by atoms with Gasteiger partial charge in [0.15, 0.2) is 29.1 Å². The summed E-state index contributed by atoms with van der Waals surface area (Å²) in [7, 11) is 1.52. The molecule has 0 amide bonds. The van der Waals surface area contributed by atoms with E-state index >= 15 is 0 Å². The Bertz CT molecular complexity index is 627. The number of aromatic nitrogens is 4. The van der Waals surface area contributed by atoms with Crippen LogP contribution in [0.15, 0.2) is 0 Å². The van der Waals surface area contributed by atoms with E-state index in [1.807, 2.05) is 0 Å². The summed E-state index contributed by atoms with van der Waals surface area (Å²) in [5.74, 6) is -10.5. The smallest absolute Gasteiger partial charge is 0.200 e. The summed E-state index contributed by atoms with van der Waals surface area (Å²) >= 11 is 0. The van der Waals surface area contributed by atoms with Gasteiger partial charge in [-0.1, -0.05) is 0 Å². The van der Waals surface area contributed by atoms with Crippen molar-refractivity contribution >= 4 is 0 Å². The molecule has 2 aromatic rings. The van der Waals surface area contributed by atoms with Gasteiger partial charge in [0.25, 0.3) is 0 Å². The zero-order valence-electron chi connectivity index (χ0n) is 10.3. The molecule has 5 nitrogen and oxygen atoms in total. The van der Waals surface area contributed by atoms with E-state index < -0.39 is 40.8 Å². The van der Waals surface area contributed by atoms with E-state index in [0.29, 0.717) is 4.68 Å². The van der Waals surface area contributed by atoms with Gasteiger partial charge >= 0.3 is 0 Å². The predicted molar refractivity (Wildman–Crippen MR) is 56.4 cm³/mol. The number of halogens is 5. The molecule has 1 unspecified atom stereocenters. The Hall–Kier alpha value is -2.10. The van der Waals surface area contributed by atoms with E-state index in [1.165, 1.54) is 7.05 Å². The van der Waals surface area contributed by atoms with Gasteiger partial charge in [0, 0.05) is 0 Å². The number of hydrogen-bond acceptors (Lipinski definition) is 4. The van der Waals surface area contributed by atoms with E-state index in [-0.39, 0.29) is 5.82 Å². The van der Waals surface area contributed by atoms with Crippen molar-refractivity contribution in [2.75, 3.05) is 7.05 Å². The van der Waals surface area contributed by atoms with Crippen molar-refractivity contribution in [2.24, 2.45) is 0 Å². The molecule has 0 saturated heterocycles. The first kappa shape index (κ1) is 14.3. The Morgan fingerprint density at radius 2 is 1.45 bits per heavy atom. The van der Waals surface area contributed by atoms with Crippen LogP contribution in [-0.4, -0.2) is 27.3 Å². The molecule has 0 saturated carbocycles. The van der Waals surface area contributed by atoms with Crippen LogP contribution in [0.4, 0.5) is 22.0 Å². The molecular formula is C10H8F5N5. The Morgan fingerprint density at radius 3 is 1.95 bits per heavy atom. The second-order valence-electron chi connectivity index (χ2n) is 3.88. The van der Waals surface area contributed by atoms with E-state index in [9.17, 15) is 22.0 Å². The normalized spacial score (nSPS) is 12.8. The monoisotopic (exact) mass is 293 g/mol. The van der Waals surface area contributed by atoms with E-state index in [0.717, 1.165) is 0 Å². The number of nitrogens with zero attached hydrogens (tertiary/aromatic N) is 4. The first-order chi connectivity index (χ1) is 9.40. The lowest BCUT2D eigenvalue weighted by atomic mass is 10.2. The Balaban J connectivity index is 2.75. The first-order valence-electron chi connectivity index (χ1n) is 5.37. The lowest BCUT2D eigenvalue weighted by molar-refractivity contribution is 0.372. The predicted octanol–water partition coefficient (Wildman–Crippen LogP) is 1.64. The van der Waals surface area contributed by atoms with Gasteiger partial charge in [-0.3, -0.25) is 0 Å². The van der Waals surface area contributed by atoms with Crippen LogP contribution < -0.4 is 5.32 Å². The minimum absolute atomic E-state index is 0.101. The average Bonchev–Trinajstić information content (AvgIpc) is 2.91. The summed E-state index contributed by atoms with van der Waals surface area (Å²) in [4.78, 5) is 0. The highest BCUT2D eigenvalue weighted by Crippen LogP contribution is 2.26. The highest BCUT2D eigenvalue weighted by Gasteiger charge is 2.29. The molecule has 0 aliphatic carbocycles. The molecule has 108 valence electrons. The third-order valence-electron chi connectivity index (χ3n) is 2.71. The van der Waals surface area contributed by atoms with Crippen molar-refractivity contribution in [3.63, 3.8) is 0 Å². The largest absolute Gasteiger partial charge is 0.311 e. The van der Waals surface area contributed by atoms with Crippen LogP contribution in [0.25, 0.3) is 5.69 Å². The number of tetrazole rings is 1.